The Morgan fingerprint density at radius 1 is 0.967 bits per heavy atom. The van der Waals surface area contributed by atoms with Crippen molar-refractivity contribution in [3.05, 3.63) is 82.0 Å². The Balaban J connectivity index is 1.74. The second kappa shape index (κ2) is 8.37. The molecule has 0 N–H and O–H groups in total. The van der Waals surface area contributed by atoms with E-state index in [9.17, 15) is 13.2 Å². The first kappa shape index (κ1) is 20.8. The monoisotopic (exact) mass is 469 g/mol. The third kappa shape index (κ3) is 4.21. The van der Waals surface area contributed by atoms with Crippen LogP contribution in [-0.4, -0.2) is 14.8 Å². The van der Waals surface area contributed by atoms with E-state index in [-0.39, 0.29) is 11.3 Å². The maximum absolute atomic E-state index is 13.3. The van der Waals surface area contributed by atoms with Crippen molar-refractivity contribution in [1.82, 2.24) is 14.8 Å². The molecule has 4 nitrogen and oxygen atoms in total. The summed E-state index contributed by atoms with van der Waals surface area (Å²) in [5.41, 5.74) is 0.0787. The Morgan fingerprint density at radius 3 is 2.47 bits per heavy atom. The highest BCUT2D eigenvalue weighted by Gasteiger charge is 2.33. The number of alkyl halides is 3. The number of rotatable bonds is 5. The number of hydrogen-bond acceptors (Lipinski definition) is 4. The lowest BCUT2D eigenvalue weighted by Crippen LogP contribution is -2.08. The smallest absolute Gasteiger partial charge is 0.416 e. The van der Waals surface area contributed by atoms with Crippen molar-refractivity contribution in [2.45, 2.75) is 17.1 Å². The van der Waals surface area contributed by atoms with E-state index in [0.717, 1.165) is 17.8 Å². The molecule has 0 aliphatic heterocycles. The molecule has 0 fully saturated rings. The zero-order chi connectivity index (χ0) is 21.3. The van der Waals surface area contributed by atoms with Gasteiger partial charge in [0.25, 0.3) is 0 Å². The number of nitrogens with zero attached hydrogens (tertiary/aromatic N) is 3. The summed E-state index contributed by atoms with van der Waals surface area (Å²) in [7, 11) is 0. The standard InChI is InChI=1S/C20H12Cl2F3N3OS/c21-15-8-7-13(10-16(15)22)28-18(17-6-3-9-29-17)26-27-19(28)30-11-12-4-1-2-5-14(12)20(23,24)25/h1-10H,11H2. The summed E-state index contributed by atoms with van der Waals surface area (Å²) in [6, 6.07) is 13.8. The van der Waals surface area contributed by atoms with Crippen LogP contribution >= 0.6 is 35.0 Å². The van der Waals surface area contributed by atoms with Crippen molar-refractivity contribution >= 4 is 35.0 Å². The normalized spacial score (nSPS) is 11.8. The van der Waals surface area contributed by atoms with Crippen molar-refractivity contribution in [2.24, 2.45) is 0 Å². The molecule has 154 valence electrons. The highest BCUT2D eigenvalue weighted by molar-refractivity contribution is 7.98. The van der Waals surface area contributed by atoms with Gasteiger partial charge in [-0.05, 0) is 42.0 Å². The molecule has 0 aliphatic carbocycles. The van der Waals surface area contributed by atoms with Gasteiger partial charge in [0.1, 0.15) is 0 Å². The van der Waals surface area contributed by atoms with Crippen LogP contribution in [0.2, 0.25) is 10.0 Å². The van der Waals surface area contributed by atoms with Gasteiger partial charge in [-0.3, -0.25) is 4.57 Å². The Kier molecular flexibility index (Phi) is 5.81. The summed E-state index contributed by atoms with van der Waals surface area (Å²) >= 11 is 13.3. The first-order valence-electron chi connectivity index (χ1n) is 8.57. The number of thioether (sulfide) groups is 1. The Hall–Kier alpha value is -2.42. The van der Waals surface area contributed by atoms with Gasteiger partial charge in [-0.1, -0.05) is 53.2 Å². The molecule has 10 heteroatoms. The predicted octanol–water partition coefficient (Wildman–Crippen LogP) is 7.15. The summed E-state index contributed by atoms with van der Waals surface area (Å²) < 4.78 is 47.0. The van der Waals surface area contributed by atoms with E-state index in [4.69, 9.17) is 27.6 Å². The van der Waals surface area contributed by atoms with E-state index in [2.05, 4.69) is 10.2 Å². The van der Waals surface area contributed by atoms with Gasteiger partial charge in [0.2, 0.25) is 5.82 Å². The third-order valence-corrected chi connectivity index (χ3v) is 5.93. The molecule has 0 amide bonds. The fraction of sp³-hybridized carbons (Fsp3) is 0.100. The van der Waals surface area contributed by atoms with Gasteiger partial charge in [-0.25, -0.2) is 0 Å². The zero-order valence-electron chi connectivity index (χ0n) is 15.0. The Bertz CT molecular complexity index is 1180. The quantitative estimate of drug-likeness (QED) is 0.291. The average Bonchev–Trinajstić information content (AvgIpc) is 3.37. The molecule has 0 unspecified atom stereocenters. The van der Waals surface area contributed by atoms with E-state index in [1.807, 2.05) is 0 Å². The van der Waals surface area contributed by atoms with Crippen molar-refractivity contribution in [1.29, 1.82) is 0 Å². The minimum absolute atomic E-state index is 0.0489. The van der Waals surface area contributed by atoms with Gasteiger partial charge in [0, 0.05) is 5.75 Å². The summed E-state index contributed by atoms with van der Waals surface area (Å²) in [5.74, 6) is 0.897. The summed E-state index contributed by atoms with van der Waals surface area (Å²) in [4.78, 5) is 0. The second-order valence-corrected chi connectivity index (χ2v) is 7.92. The maximum Gasteiger partial charge on any atom is 0.416 e. The first-order valence-corrected chi connectivity index (χ1v) is 10.3. The second-order valence-electron chi connectivity index (χ2n) is 6.16. The third-order valence-electron chi connectivity index (χ3n) is 4.22. The van der Waals surface area contributed by atoms with Crippen LogP contribution in [0, 0.1) is 0 Å². The van der Waals surface area contributed by atoms with Crippen LogP contribution in [0.1, 0.15) is 11.1 Å². The zero-order valence-corrected chi connectivity index (χ0v) is 17.4. The minimum atomic E-state index is -4.44. The lowest BCUT2D eigenvalue weighted by Gasteiger charge is -2.13. The average molecular weight is 470 g/mol. The van der Waals surface area contributed by atoms with Gasteiger partial charge in [-0.15, -0.1) is 10.2 Å². The molecular weight excluding hydrogens is 458 g/mol. The minimum Gasteiger partial charge on any atom is -0.461 e. The Labute approximate surface area is 183 Å². The summed E-state index contributed by atoms with van der Waals surface area (Å²) in [6.45, 7) is 0. The van der Waals surface area contributed by atoms with Gasteiger partial charge >= 0.3 is 6.18 Å². The largest absolute Gasteiger partial charge is 0.461 e. The highest BCUT2D eigenvalue weighted by atomic mass is 35.5. The number of benzene rings is 2. The van der Waals surface area contributed by atoms with Crippen LogP contribution in [0.25, 0.3) is 17.3 Å². The molecule has 4 rings (SSSR count). The van der Waals surface area contributed by atoms with Crippen LogP contribution < -0.4 is 0 Å². The summed E-state index contributed by atoms with van der Waals surface area (Å²) in [5, 5.41) is 9.42. The molecule has 0 radical (unpaired) electrons. The number of hydrogen-bond donors (Lipinski definition) is 0. The molecule has 0 atom stereocenters. The molecule has 0 saturated carbocycles. The fourth-order valence-electron chi connectivity index (χ4n) is 2.85. The Morgan fingerprint density at radius 2 is 1.77 bits per heavy atom. The van der Waals surface area contributed by atoms with E-state index in [1.165, 1.54) is 18.4 Å². The molecule has 2 heterocycles. The molecule has 4 aromatic rings. The van der Waals surface area contributed by atoms with Gasteiger partial charge in [-0.2, -0.15) is 13.2 Å². The topological polar surface area (TPSA) is 43.9 Å². The number of aromatic nitrogens is 3. The van der Waals surface area contributed by atoms with Crippen LogP contribution in [0.5, 0.6) is 0 Å². The number of furan rings is 1. The predicted molar refractivity (Wildman–Crippen MR) is 110 cm³/mol. The molecule has 0 aliphatic rings. The maximum atomic E-state index is 13.3. The highest BCUT2D eigenvalue weighted by Crippen LogP contribution is 2.36. The van der Waals surface area contributed by atoms with Crippen molar-refractivity contribution < 1.29 is 17.6 Å². The van der Waals surface area contributed by atoms with Gasteiger partial charge in [0.05, 0.1) is 27.6 Å². The number of halogens is 5. The van der Waals surface area contributed by atoms with E-state index in [0.29, 0.717) is 32.5 Å². The van der Waals surface area contributed by atoms with E-state index >= 15 is 0 Å². The molecule has 0 bridgehead atoms. The van der Waals surface area contributed by atoms with Crippen LogP contribution in [0.4, 0.5) is 13.2 Å². The van der Waals surface area contributed by atoms with Gasteiger partial charge in [0.15, 0.2) is 10.9 Å². The molecule has 0 spiro atoms. The first-order chi connectivity index (χ1) is 14.3. The van der Waals surface area contributed by atoms with Crippen LogP contribution in [-0.2, 0) is 11.9 Å². The van der Waals surface area contributed by atoms with Crippen molar-refractivity contribution in [2.75, 3.05) is 0 Å². The molecule has 2 aromatic carbocycles. The molecule has 2 aromatic heterocycles. The van der Waals surface area contributed by atoms with Gasteiger partial charge < -0.3 is 4.42 Å². The van der Waals surface area contributed by atoms with E-state index < -0.39 is 11.7 Å². The fourth-order valence-corrected chi connectivity index (χ4v) is 4.10. The van der Waals surface area contributed by atoms with Crippen molar-refractivity contribution in [3.8, 4) is 17.3 Å². The molecule has 0 saturated heterocycles. The SMILES string of the molecule is FC(F)(F)c1ccccc1CSc1nnc(-c2ccco2)n1-c1ccc(Cl)c(Cl)c1. The lowest BCUT2D eigenvalue weighted by atomic mass is 10.1. The van der Waals surface area contributed by atoms with Crippen molar-refractivity contribution in [3.63, 3.8) is 0 Å². The van der Waals surface area contributed by atoms with Crippen LogP contribution in [0.3, 0.4) is 0 Å². The van der Waals surface area contributed by atoms with Crippen LogP contribution in [0.15, 0.2) is 70.4 Å². The van der Waals surface area contributed by atoms with E-state index in [1.54, 1.807) is 41.0 Å². The summed E-state index contributed by atoms with van der Waals surface area (Å²) in [6.07, 6.45) is -2.94. The lowest BCUT2D eigenvalue weighted by molar-refractivity contribution is -0.138. The molecular formula is C20H12Cl2F3N3OS. The molecule has 30 heavy (non-hydrogen) atoms.